The van der Waals surface area contributed by atoms with Crippen LogP contribution in [0.5, 0.6) is 0 Å². The Balaban J connectivity index is 1.89. The topological polar surface area (TPSA) is 58.2 Å². The van der Waals surface area contributed by atoms with Crippen LogP contribution in [0.15, 0.2) is 29.0 Å². The normalized spacial score (nSPS) is 10.2. The molecular weight excluding hydrogens is 292 g/mol. The number of rotatable bonds is 6. The van der Waals surface area contributed by atoms with Gasteiger partial charge in [-0.15, -0.1) is 11.3 Å². The monoisotopic (exact) mass is 308 g/mol. The van der Waals surface area contributed by atoms with E-state index in [0.717, 1.165) is 16.9 Å². The van der Waals surface area contributed by atoms with E-state index < -0.39 is 0 Å². The molecule has 2 aromatic heterocycles. The molecule has 2 rings (SSSR count). The zero-order chi connectivity index (χ0) is 14.4. The van der Waals surface area contributed by atoms with Crippen LogP contribution in [0.2, 0.25) is 0 Å². The van der Waals surface area contributed by atoms with Crippen LogP contribution in [-0.2, 0) is 6.54 Å². The Labute approximate surface area is 125 Å². The number of hydrogen-bond acceptors (Lipinski definition) is 4. The van der Waals surface area contributed by atoms with Gasteiger partial charge in [-0.3, -0.25) is 4.79 Å². The van der Waals surface area contributed by atoms with E-state index in [1.165, 1.54) is 22.7 Å². The SMILES string of the molecule is CCCNC(=O)NCc1ccc(C(=O)c2ccsc2)s1. The van der Waals surface area contributed by atoms with Crippen molar-refractivity contribution in [3.05, 3.63) is 44.3 Å². The molecule has 0 aliphatic heterocycles. The lowest BCUT2D eigenvalue weighted by Crippen LogP contribution is -2.35. The predicted molar refractivity (Wildman–Crippen MR) is 82.6 cm³/mol. The molecule has 0 aromatic carbocycles. The first-order valence-electron chi connectivity index (χ1n) is 6.38. The molecule has 0 spiro atoms. The quantitative estimate of drug-likeness (QED) is 0.805. The molecule has 4 nitrogen and oxygen atoms in total. The van der Waals surface area contributed by atoms with Gasteiger partial charge in [-0.25, -0.2) is 4.79 Å². The van der Waals surface area contributed by atoms with Gasteiger partial charge in [-0.1, -0.05) is 6.92 Å². The first-order valence-corrected chi connectivity index (χ1v) is 8.14. The van der Waals surface area contributed by atoms with Gasteiger partial charge >= 0.3 is 6.03 Å². The molecule has 0 atom stereocenters. The zero-order valence-electron chi connectivity index (χ0n) is 11.1. The first-order chi connectivity index (χ1) is 9.70. The van der Waals surface area contributed by atoms with Gasteiger partial charge in [0.05, 0.1) is 11.4 Å². The van der Waals surface area contributed by atoms with Crippen LogP contribution < -0.4 is 10.6 Å². The summed E-state index contributed by atoms with van der Waals surface area (Å²) < 4.78 is 0. The van der Waals surface area contributed by atoms with E-state index in [1.807, 2.05) is 35.9 Å². The Hall–Kier alpha value is -1.66. The Morgan fingerprint density at radius 1 is 1.20 bits per heavy atom. The van der Waals surface area contributed by atoms with Crippen LogP contribution in [-0.4, -0.2) is 18.4 Å². The number of carbonyl (C=O) groups excluding carboxylic acids is 2. The number of carbonyl (C=O) groups is 2. The smallest absolute Gasteiger partial charge is 0.315 e. The highest BCUT2D eigenvalue weighted by molar-refractivity contribution is 7.14. The van der Waals surface area contributed by atoms with E-state index in [2.05, 4.69) is 10.6 Å². The fraction of sp³-hybridized carbons (Fsp3) is 0.286. The molecule has 0 aliphatic rings. The van der Waals surface area contributed by atoms with Gasteiger partial charge in [0.2, 0.25) is 5.78 Å². The average molecular weight is 308 g/mol. The highest BCUT2D eigenvalue weighted by atomic mass is 32.1. The maximum absolute atomic E-state index is 12.1. The highest BCUT2D eigenvalue weighted by Crippen LogP contribution is 2.21. The van der Waals surface area contributed by atoms with Crippen molar-refractivity contribution in [1.82, 2.24) is 10.6 Å². The fourth-order valence-corrected chi connectivity index (χ4v) is 3.14. The van der Waals surface area contributed by atoms with Gasteiger partial charge in [0.15, 0.2) is 0 Å². The highest BCUT2D eigenvalue weighted by Gasteiger charge is 2.12. The number of urea groups is 1. The van der Waals surface area contributed by atoms with Gasteiger partial charge in [0, 0.05) is 22.4 Å². The molecule has 6 heteroatoms. The van der Waals surface area contributed by atoms with Gasteiger partial charge < -0.3 is 10.6 Å². The van der Waals surface area contributed by atoms with E-state index in [9.17, 15) is 9.59 Å². The Kier molecular flexibility index (Phi) is 5.31. The Bertz CT molecular complexity index is 576. The summed E-state index contributed by atoms with van der Waals surface area (Å²) in [6, 6.07) is 5.34. The summed E-state index contributed by atoms with van der Waals surface area (Å²) in [5.74, 6) is 0.0398. The van der Waals surface area contributed by atoms with E-state index in [1.54, 1.807) is 0 Å². The summed E-state index contributed by atoms with van der Waals surface area (Å²) in [6.45, 7) is 3.11. The van der Waals surface area contributed by atoms with Crippen molar-refractivity contribution in [2.45, 2.75) is 19.9 Å². The van der Waals surface area contributed by atoms with Gasteiger partial charge in [0.25, 0.3) is 0 Å². The summed E-state index contributed by atoms with van der Waals surface area (Å²) in [6.07, 6.45) is 0.908. The molecule has 2 heterocycles. The molecule has 20 heavy (non-hydrogen) atoms. The molecule has 0 saturated carbocycles. The summed E-state index contributed by atoms with van der Waals surface area (Å²) in [5, 5.41) is 9.25. The third-order valence-corrected chi connectivity index (χ3v) is 4.39. The lowest BCUT2D eigenvalue weighted by molar-refractivity contribution is 0.104. The molecule has 2 aromatic rings. The van der Waals surface area contributed by atoms with Crippen molar-refractivity contribution in [3.8, 4) is 0 Å². The lowest BCUT2D eigenvalue weighted by atomic mass is 10.2. The second kappa shape index (κ2) is 7.21. The maximum Gasteiger partial charge on any atom is 0.315 e. The standard InChI is InChI=1S/C14H16N2O2S2/c1-2-6-15-14(18)16-8-11-3-4-12(20-11)13(17)10-5-7-19-9-10/h3-5,7,9H,2,6,8H2,1H3,(H2,15,16,18). The molecular formula is C14H16N2O2S2. The van der Waals surface area contributed by atoms with Crippen LogP contribution in [0.3, 0.4) is 0 Å². The summed E-state index contributed by atoms with van der Waals surface area (Å²) in [7, 11) is 0. The largest absolute Gasteiger partial charge is 0.338 e. The number of nitrogens with one attached hydrogen (secondary N) is 2. The third kappa shape index (κ3) is 3.91. The van der Waals surface area contributed by atoms with Crippen LogP contribution in [0, 0.1) is 0 Å². The van der Waals surface area contributed by atoms with Crippen LogP contribution in [0.4, 0.5) is 4.79 Å². The van der Waals surface area contributed by atoms with Crippen molar-refractivity contribution in [3.63, 3.8) is 0 Å². The summed E-state index contributed by atoms with van der Waals surface area (Å²) in [4.78, 5) is 25.2. The molecule has 0 saturated heterocycles. The number of thiophene rings is 2. The number of amides is 2. The van der Waals surface area contributed by atoms with Crippen molar-refractivity contribution >= 4 is 34.5 Å². The molecule has 0 fully saturated rings. The molecule has 0 bridgehead atoms. The van der Waals surface area contributed by atoms with E-state index in [-0.39, 0.29) is 11.8 Å². The van der Waals surface area contributed by atoms with Crippen molar-refractivity contribution < 1.29 is 9.59 Å². The molecule has 106 valence electrons. The summed E-state index contributed by atoms with van der Waals surface area (Å²) >= 11 is 2.93. The minimum Gasteiger partial charge on any atom is -0.338 e. The molecule has 2 amide bonds. The van der Waals surface area contributed by atoms with E-state index >= 15 is 0 Å². The minimum absolute atomic E-state index is 0.0398. The van der Waals surface area contributed by atoms with Crippen molar-refractivity contribution in [2.75, 3.05) is 6.54 Å². The number of ketones is 1. The summed E-state index contributed by atoms with van der Waals surface area (Å²) in [5.41, 5.74) is 0.719. The Morgan fingerprint density at radius 3 is 2.75 bits per heavy atom. The zero-order valence-corrected chi connectivity index (χ0v) is 12.8. The second-order valence-corrected chi connectivity index (χ2v) is 6.16. The van der Waals surface area contributed by atoms with Gasteiger partial charge in [-0.05, 0) is 30.0 Å². The average Bonchev–Trinajstić information content (AvgIpc) is 3.12. The van der Waals surface area contributed by atoms with Gasteiger partial charge in [-0.2, -0.15) is 11.3 Å². The van der Waals surface area contributed by atoms with E-state index in [4.69, 9.17) is 0 Å². The predicted octanol–water partition coefficient (Wildman–Crippen LogP) is 3.25. The lowest BCUT2D eigenvalue weighted by Gasteiger charge is -2.04. The van der Waals surface area contributed by atoms with Crippen LogP contribution >= 0.6 is 22.7 Å². The first kappa shape index (κ1) is 14.7. The van der Waals surface area contributed by atoms with Gasteiger partial charge in [0.1, 0.15) is 0 Å². The molecule has 2 N–H and O–H groups in total. The molecule has 0 radical (unpaired) electrons. The maximum atomic E-state index is 12.1. The second-order valence-electron chi connectivity index (χ2n) is 4.22. The molecule has 0 aliphatic carbocycles. The minimum atomic E-state index is -0.175. The van der Waals surface area contributed by atoms with Crippen LogP contribution in [0.25, 0.3) is 0 Å². The fourth-order valence-electron chi connectivity index (χ4n) is 1.60. The molecule has 0 unspecified atom stereocenters. The van der Waals surface area contributed by atoms with Crippen molar-refractivity contribution in [1.29, 1.82) is 0 Å². The van der Waals surface area contributed by atoms with Crippen molar-refractivity contribution in [2.24, 2.45) is 0 Å². The van der Waals surface area contributed by atoms with E-state index in [0.29, 0.717) is 18.0 Å². The van der Waals surface area contributed by atoms with Crippen LogP contribution in [0.1, 0.15) is 33.5 Å². The Morgan fingerprint density at radius 2 is 2.05 bits per heavy atom. The number of hydrogen-bond donors (Lipinski definition) is 2. The third-order valence-electron chi connectivity index (χ3n) is 2.63.